The molecule has 0 aromatic carbocycles. The summed E-state index contributed by atoms with van der Waals surface area (Å²) >= 11 is 0. The molecule has 94 valence electrons. The minimum atomic E-state index is 0.777. The van der Waals surface area contributed by atoms with Gasteiger partial charge >= 0.3 is 0 Å². The van der Waals surface area contributed by atoms with E-state index in [4.69, 9.17) is 0 Å². The zero-order valence-corrected chi connectivity index (χ0v) is 10.7. The fourth-order valence-electron chi connectivity index (χ4n) is 3.65. The minimum absolute atomic E-state index is 0.777. The van der Waals surface area contributed by atoms with E-state index in [0.717, 1.165) is 37.4 Å². The monoisotopic (exact) mass is 233 g/mol. The fourth-order valence-corrected chi connectivity index (χ4v) is 3.65. The van der Waals surface area contributed by atoms with Crippen molar-refractivity contribution in [2.45, 2.75) is 58.2 Å². The lowest BCUT2D eigenvalue weighted by Crippen LogP contribution is -2.34. The van der Waals surface area contributed by atoms with Crippen LogP contribution in [0.2, 0.25) is 0 Å². The van der Waals surface area contributed by atoms with Gasteiger partial charge in [-0.1, -0.05) is 13.3 Å². The molecule has 17 heavy (non-hydrogen) atoms. The first-order valence-corrected chi connectivity index (χ1v) is 7.11. The maximum atomic E-state index is 4.38. The molecule has 3 heteroatoms. The van der Waals surface area contributed by atoms with Gasteiger partial charge in [0.05, 0.1) is 5.69 Å². The Morgan fingerprint density at radius 3 is 3.06 bits per heavy atom. The molecule has 3 unspecified atom stereocenters. The van der Waals surface area contributed by atoms with Crippen LogP contribution in [0.15, 0.2) is 12.3 Å². The highest BCUT2D eigenvalue weighted by atomic mass is 15.3. The van der Waals surface area contributed by atoms with Crippen molar-refractivity contribution in [1.82, 2.24) is 15.1 Å². The van der Waals surface area contributed by atoms with E-state index >= 15 is 0 Å². The van der Waals surface area contributed by atoms with Gasteiger partial charge < -0.3 is 5.32 Å². The van der Waals surface area contributed by atoms with E-state index in [0.29, 0.717) is 0 Å². The minimum Gasteiger partial charge on any atom is -0.308 e. The maximum absolute atomic E-state index is 4.38. The van der Waals surface area contributed by atoms with Crippen molar-refractivity contribution in [3.05, 3.63) is 18.0 Å². The molecule has 0 amide bonds. The molecule has 2 aliphatic rings. The second kappa shape index (κ2) is 4.81. The molecule has 1 heterocycles. The van der Waals surface area contributed by atoms with Crippen LogP contribution in [0.1, 0.15) is 44.7 Å². The highest BCUT2D eigenvalue weighted by molar-refractivity contribution is 5.02. The Kier molecular flexibility index (Phi) is 3.19. The molecule has 0 spiro atoms. The topological polar surface area (TPSA) is 29.9 Å². The van der Waals surface area contributed by atoms with Crippen LogP contribution in [0.25, 0.3) is 0 Å². The van der Waals surface area contributed by atoms with E-state index in [9.17, 15) is 0 Å². The number of hydrogen-bond donors (Lipinski definition) is 1. The molecule has 2 saturated carbocycles. The normalized spacial score (nSPS) is 31.2. The number of aryl methyl sites for hydroxylation is 1. The molecule has 2 bridgehead atoms. The van der Waals surface area contributed by atoms with Gasteiger partial charge in [-0.25, -0.2) is 0 Å². The van der Waals surface area contributed by atoms with Gasteiger partial charge in [0.1, 0.15) is 0 Å². The summed E-state index contributed by atoms with van der Waals surface area (Å²) in [4.78, 5) is 0. The van der Waals surface area contributed by atoms with E-state index in [1.54, 1.807) is 0 Å². The number of aromatic nitrogens is 2. The molecule has 2 aliphatic carbocycles. The van der Waals surface area contributed by atoms with Gasteiger partial charge in [-0.2, -0.15) is 5.10 Å². The van der Waals surface area contributed by atoms with E-state index in [1.165, 1.54) is 31.4 Å². The predicted molar refractivity (Wildman–Crippen MR) is 68.6 cm³/mol. The SMILES string of the molecule is CCCn1nccc1CNC1CC2CCC1C2. The van der Waals surface area contributed by atoms with Gasteiger partial charge in [0.25, 0.3) is 0 Å². The van der Waals surface area contributed by atoms with Crippen molar-refractivity contribution in [1.29, 1.82) is 0 Å². The first-order valence-electron chi connectivity index (χ1n) is 7.11. The summed E-state index contributed by atoms with van der Waals surface area (Å²) in [5, 5.41) is 8.13. The van der Waals surface area contributed by atoms with E-state index in [-0.39, 0.29) is 0 Å². The molecule has 1 aromatic rings. The predicted octanol–water partition coefficient (Wildman–Crippen LogP) is 2.57. The van der Waals surface area contributed by atoms with Crippen LogP contribution in [0, 0.1) is 11.8 Å². The highest BCUT2D eigenvalue weighted by Crippen LogP contribution is 2.44. The van der Waals surface area contributed by atoms with Gasteiger partial charge in [0.2, 0.25) is 0 Å². The second-order valence-corrected chi connectivity index (χ2v) is 5.71. The summed E-state index contributed by atoms with van der Waals surface area (Å²) in [5.41, 5.74) is 1.34. The van der Waals surface area contributed by atoms with Crippen LogP contribution in [-0.2, 0) is 13.1 Å². The zero-order valence-electron chi connectivity index (χ0n) is 10.7. The summed E-state index contributed by atoms with van der Waals surface area (Å²) in [5.74, 6) is 1.99. The van der Waals surface area contributed by atoms with Crippen LogP contribution in [0.4, 0.5) is 0 Å². The average Bonchev–Trinajstić information content (AvgIpc) is 3.02. The number of nitrogens with zero attached hydrogens (tertiary/aromatic N) is 2. The van der Waals surface area contributed by atoms with Crippen molar-refractivity contribution in [2.24, 2.45) is 11.8 Å². The van der Waals surface area contributed by atoms with Crippen molar-refractivity contribution in [3.63, 3.8) is 0 Å². The van der Waals surface area contributed by atoms with E-state index < -0.39 is 0 Å². The van der Waals surface area contributed by atoms with Crippen LogP contribution in [0.5, 0.6) is 0 Å². The second-order valence-electron chi connectivity index (χ2n) is 5.71. The Hall–Kier alpha value is -0.830. The molecule has 3 rings (SSSR count). The quantitative estimate of drug-likeness (QED) is 0.847. The number of hydrogen-bond acceptors (Lipinski definition) is 2. The molecule has 2 fully saturated rings. The van der Waals surface area contributed by atoms with Crippen LogP contribution >= 0.6 is 0 Å². The highest BCUT2D eigenvalue weighted by Gasteiger charge is 2.39. The Labute approximate surface area is 104 Å². The molecule has 0 saturated heterocycles. The van der Waals surface area contributed by atoms with Gasteiger partial charge in [0, 0.05) is 25.3 Å². The van der Waals surface area contributed by atoms with Crippen LogP contribution < -0.4 is 5.32 Å². The first kappa shape index (κ1) is 11.3. The third kappa shape index (κ3) is 2.25. The fraction of sp³-hybridized carbons (Fsp3) is 0.786. The third-order valence-electron chi connectivity index (χ3n) is 4.52. The molecular formula is C14H23N3. The summed E-state index contributed by atoms with van der Waals surface area (Å²) in [6.07, 6.45) is 8.90. The Morgan fingerprint density at radius 1 is 1.41 bits per heavy atom. The van der Waals surface area contributed by atoms with Gasteiger partial charge in [-0.3, -0.25) is 4.68 Å². The number of rotatable bonds is 5. The Bertz CT molecular complexity index is 371. The standard InChI is InChI=1S/C14H23N3/c1-2-7-17-13(5-6-16-17)10-15-14-9-11-3-4-12(14)8-11/h5-6,11-12,14-15H,2-4,7-10H2,1H3. The third-order valence-corrected chi connectivity index (χ3v) is 4.52. The Morgan fingerprint density at radius 2 is 2.35 bits per heavy atom. The van der Waals surface area contributed by atoms with Crippen molar-refractivity contribution >= 4 is 0 Å². The van der Waals surface area contributed by atoms with E-state index in [2.05, 4.69) is 28.1 Å². The molecule has 3 nitrogen and oxygen atoms in total. The van der Waals surface area contributed by atoms with Crippen LogP contribution in [-0.4, -0.2) is 15.8 Å². The van der Waals surface area contributed by atoms with Gasteiger partial charge in [-0.15, -0.1) is 0 Å². The van der Waals surface area contributed by atoms with Crippen molar-refractivity contribution in [3.8, 4) is 0 Å². The Balaban J connectivity index is 1.55. The molecular weight excluding hydrogens is 210 g/mol. The lowest BCUT2D eigenvalue weighted by Gasteiger charge is -2.23. The maximum Gasteiger partial charge on any atom is 0.0522 e. The lowest BCUT2D eigenvalue weighted by molar-refractivity contribution is 0.346. The van der Waals surface area contributed by atoms with Crippen LogP contribution in [0.3, 0.4) is 0 Å². The summed E-state index contributed by atoms with van der Waals surface area (Å²) in [6.45, 7) is 4.24. The molecule has 3 atom stereocenters. The largest absolute Gasteiger partial charge is 0.308 e. The molecule has 0 aliphatic heterocycles. The first-order chi connectivity index (χ1) is 8.36. The summed E-state index contributed by atoms with van der Waals surface area (Å²) in [6, 6.07) is 2.93. The van der Waals surface area contributed by atoms with Crippen molar-refractivity contribution in [2.75, 3.05) is 0 Å². The smallest absolute Gasteiger partial charge is 0.0522 e. The van der Waals surface area contributed by atoms with E-state index in [1.807, 2.05) is 6.20 Å². The average molecular weight is 233 g/mol. The number of fused-ring (bicyclic) bond motifs is 2. The number of nitrogens with one attached hydrogen (secondary N) is 1. The van der Waals surface area contributed by atoms with Gasteiger partial charge in [-0.05, 0) is 43.6 Å². The summed E-state index contributed by atoms with van der Waals surface area (Å²) in [7, 11) is 0. The summed E-state index contributed by atoms with van der Waals surface area (Å²) < 4.78 is 2.14. The van der Waals surface area contributed by atoms with Gasteiger partial charge in [0.15, 0.2) is 0 Å². The lowest BCUT2D eigenvalue weighted by atomic mass is 9.95. The van der Waals surface area contributed by atoms with Crippen molar-refractivity contribution < 1.29 is 0 Å². The molecule has 0 radical (unpaired) electrons. The molecule has 1 N–H and O–H groups in total. The molecule has 1 aromatic heterocycles. The zero-order chi connectivity index (χ0) is 11.7.